The lowest BCUT2D eigenvalue weighted by Crippen LogP contribution is -2.33. The van der Waals surface area contributed by atoms with E-state index >= 15 is 0 Å². The fourth-order valence-electron chi connectivity index (χ4n) is 1.71. The number of nitrogens with two attached hydrogens (primary N) is 1. The third-order valence-corrected chi connectivity index (χ3v) is 2.60. The molecule has 0 atom stereocenters. The quantitative estimate of drug-likeness (QED) is 0.805. The van der Waals surface area contributed by atoms with Gasteiger partial charge < -0.3 is 15.8 Å². The van der Waals surface area contributed by atoms with Crippen LogP contribution in [-0.2, 0) is 0 Å². The normalized spacial score (nSPS) is 11.3. The van der Waals surface area contributed by atoms with Crippen molar-refractivity contribution in [3.05, 3.63) is 23.8 Å². The maximum atomic E-state index is 5.60. The molecular formula is C13H22N2O. The summed E-state index contributed by atoms with van der Waals surface area (Å²) in [7, 11) is 1.69. The van der Waals surface area contributed by atoms with Crippen LogP contribution >= 0.6 is 0 Å². The molecule has 0 fully saturated rings. The van der Waals surface area contributed by atoms with Crippen LogP contribution in [0.25, 0.3) is 0 Å². The summed E-state index contributed by atoms with van der Waals surface area (Å²) in [6.45, 7) is 7.03. The standard InChI is InChI=1S/C13H22N2O/c1-10-5-6-12(16-4)11(9-10)15-13(2,3)7-8-14/h5-6,9,15H,7-8,14H2,1-4H3. The zero-order valence-corrected chi connectivity index (χ0v) is 10.6. The van der Waals surface area contributed by atoms with Crippen LogP contribution in [-0.4, -0.2) is 19.2 Å². The van der Waals surface area contributed by atoms with Crippen molar-refractivity contribution in [1.82, 2.24) is 0 Å². The van der Waals surface area contributed by atoms with Gasteiger partial charge in [-0.3, -0.25) is 0 Å². The van der Waals surface area contributed by atoms with E-state index < -0.39 is 0 Å². The van der Waals surface area contributed by atoms with Gasteiger partial charge >= 0.3 is 0 Å². The number of ether oxygens (including phenoxy) is 1. The van der Waals surface area contributed by atoms with Gasteiger partial charge in [0, 0.05) is 5.54 Å². The van der Waals surface area contributed by atoms with Crippen molar-refractivity contribution in [2.24, 2.45) is 5.73 Å². The third kappa shape index (κ3) is 3.42. The largest absolute Gasteiger partial charge is 0.495 e. The van der Waals surface area contributed by atoms with Crippen molar-refractivity contribution in [1.29, 1.82) is 0 Å². The molecule has 3 N–H and O–H groups in total. The first-order chi connectivity index (χ1) is 7.48. The van der Waals surface area contributed by atoms with Gasteiger partial charge in [-0.25, -0.2) is 0 Å². The lowest BCUT2D eigenvalue weighted by atomic mass is 10.00. The van der Waals surface area contributed by atoms with Gasteiger partial charge in [0.2, 0.25) is 0 Å². The number of hydrogen-bond donors (Lipinski definition) is 2. The van der Waals surface area contributed by atoms with Gasteiger partial charge in [0.05, 0.1) is 12.8 Å². The average molecular weight is 222 g/mol. The summed E-state index contributed by atoms with van der Waals surface area (Å²) in [5.74, 6) is 0.871. The number of rotatable bonds is 5. The highest BCUT2D eigenvalue weighted by Crippen LogP contribution is 2.28. The minimum absolute atomic E-state index is 0.0180. The van der Waals surface area contributed by atoms with E-state index in [4.69, 9.17) is 10.5 Å². The van der Waals surface area contributed by atoms with Gasteiger partial charge in [-0.1, -0.05) is 6.07 Å². The summed E-state index contributed by atoms with van der Waals surface area (Å²) in [6, 6.07) is 6.12. The van der Waals surface area contributed by atoms with E-state index in [0.717, 1.165) is 17.9 Å². The van der Waals surface area contributed by atoms with Crippen molar-refractivity contribution < 1.29 is 4.74 Å². The fraction of sp³-hybridized carbons (Fsp3) is 0.538. The van der Waals surface area contributed by atoms with E-state index in [1.54, 1.807) is 7.11 Å². The van der Waals surface area contributed by atoms with Crippen LogP contribution in [0, 0.1) is 6.92 Å². The molecule has 3 nitrogen and oxygen atoms in total. The van der Waals surface area contributed by atoms with Crippen molar-refractivity contribution in [3.8, 4) is 5.75 Å². The molecule has 0 aliphatic rings. The van der Waals surface area contributed by atoms with Gasteiger partial charge in [-0.05, 0) is 51.4 Å². The Labute approximate surface area is 98.0 Å². The number of benzene rings is 1. The molecule has 0 spiro atoms. The van der Waals surface area contributed by atoms with Crippen LogP contribution < -0.4 is 15.8 Å². The smallest absolute Gasteiger partial charge is 0.141 e. The first-order valence-corrected chi connectivity index (χ1v) is 5.61. The summed E-state index contributed by atoms with van der Waals surface area (Å²) < 4.78 is 5.33. The van der Waals surface area contributed by atoms with Gasteiger partial charge in [0.25, 0.3) is 0 Å². The van der Waals surface area contributed by atoms with Gasteiger partial charge in [0.1, 0.15) is 5.75 Å². The van der Waals surface area contributed by atoms with Gasteiger partial charge in [-0.15, -0.1) is 0 Å². The first-order valence-electron chi connectivity index (χ1n) is 5.61. The second kappa shape index (κ2) is 5.21. The number of methoxy groups -OCH3 is 1. The van der Waals surface area contributed by atoms with E-state index in [0.29, 0.717) is 6.54 Å². The zero-order valence-electron chi connectivity index (χ0n) is 10.6. The van der Waals surface area contributed by atoms with Crippen LogP contribution in [0.15, 0.2) is 18.2 Å². The molecule has 0 saturated heterocycles. The van der Waals surface area contributed by atoms with E-state index in [1.165, 1.54) is 5.56 Å². The molecule has 0 amide bonds. The van der Waals surface area contributed by atoms with Crippen LogP contribution in [0.5, 0.6) is 5.75 Å². The van der Waals surface area contributed by atoms with Crippen molar-refractivity contribution in [2.75, 3.05) is 19.0 Å². The summed E-state index contributed by atoms with van der Waals surface area (Å²) in [6.07, 6.45) is 0.921. The highest BCUT2D eigenvalue weighted by molar-refractivity contribution is 5.59. The molecule has 90 valence electrons. The van der Waals surface area contributed by atoms with Crippen molar-refractivity contribution in [2.45, 2.75) is 32.7 Å². The number of nitrogens with one attached hydrogen (secondary N) is 1. The molecule has 1 rings (SSSR count). The Morgan fingerprint density at radius 1 is 1.38 bits per heavy atom. The van der Waals surface area contributed by atoms with Gasteiger partial charge in [-0.2, -0.15) is 0 Å². The Kier molecular flexibility index (Phi) is 4.19. The van der Waals surface area contributed by atoms with Crippen LogP contribution in [0.4, 0.5) is 5.69 Å². The number of anilines is 1. The topological polar surface area (TPSA) is 47.3 Å². The van der Waals surface area contributed by atoms with Gasteiger partial charge in [0.15, 0.2) is 0 Å². The Morgan fingerprint density at radius 2 is 2.06 bits per heavy atom. The Hall–Kier alpha value is -1.22. The summed E-state index contributed by atoms with van der Waals surface area (Å²) >= 11 is 0. The molecule has 1 aromatic rings. The lowest BCUT2D eigenvalue weighted by molar-refractivity contribution is 0.413. The summed E-state index contributed by atoms with van der Waals surface area (Å²) in [5, 5.41) is 3.47. The Bertz CT molecular complexity index is 348. The average Bonchev–Trinajstić information content (AvgIpc) is 2.17. The molecule has 1 aromatic carbocycles. The van der Waals surface area contributed by atoms with E-state index in [-0.39, 0.29) is 5.54 Å². The monoisotopic (exact) mass is 222 g/mol. The molecular weight excluding hydrogens is 200 g/mol. The van der Waals surface area contributed by atoms with Crippen LogP contribution in [0.3, 0.4) is 0 Å². The molecule has 3 heteroatoms. The fourth-order valence-corrected chi connectivity index (χ4v) is 1.71. The molecule has 0 saturated carbocycles. The Morgan fingerprint density at radius 3 is 2.62 bits per heavy atom. The highest BCUT2D eigenvalue weighted by Gasteiger charge is 2.18. The lowest BCUT2D eigenvalue weighted by Gasteiger charge is -2.28. The maximum absolute atomic E-state index is 5.60. The van der Waals surface area contributed by atoms with Crippen LogP contribution in [0.2, 0.25) is 0 Å². The first kappa shape index (κ1) is 12.8. The van der Waals surface area contributed by atoms with Crippen molar-refractivity contribution >= 4 is 5.69 Å². The SMILES string of the molecule is COc1ccc(C)cc1NC(C)(C)CCN. The molecule has 0 unspecified atom stereocenters. The third-order valence-electron chi connectivity index (χ3n) is 2.60. The maximum Gasteiger partial charge on any atom is 0.141 e. The molecule has 0 bridgehead atoms. The van der Waals surface area contributed by atoms with E-state index in [2.05, 4.69) is 32.2 Å². The highest BCUT2D eigenvalue weighted by atomic mass is 16.5. The second-order valence-electron chi connectivity index (χ2n) is 4.75. The number of hydrogen-bond acceptors (Lipinski definition) is 3. The summed E-state index contributed by atoms with van der Waals surface area (Å²) in [4.78, 5) is 0. The minimum atomic E-state index is -0.0180. The molecule has 0 aromatic heterocycles. The predicted octanol–water partition coefficient (Wildman–Crippen LogP) is 2.54. The molecule has 16 heavy (non-hydrogen) atoms. The predicted molar refractivity (Wildman–Crippen MR) is 69.1 cm³/mol. The zero-order chi connectivity index (χ0) is 12.2. The summed E-state index contributed by atoms with van der Waals surface area (Å²) in [5.41, 5.74) is 7.82. The molecule has 0 heterocycles. The number of aryl methyl sites for hydroxylation is 1. The molecule has 0 radical (unpaired) electrons. The Balaban J connectivity index is 2.90. The molecule has 0 aliphatic heterocycles. The minimum Gasteiger partial charge on any atom is -0.495 e. The van der Waals surface area contributed by atoms with E-state index in [9.17, 15) is 0 Å². The molecule has 0 aliphatic carbocycles. The second-order valence-corrected chi connectivity index (χ2v) is 4.75. The van der Waals surface area contributed by atoms with E-state index in [1.807, 2.05) is 12.1 Å². The van der Waals surface area contributed by atoms with Crippen molar-refractivity contribution in [3.63, 3.8) is 0 Å². The van der Waals surface area contributed by atoms with Crippen LogP contribution in [0.1, 0.15) is 25.8 Å².